The number of thiophene rings is 1. The molecule has 0 saturated heterocycles. The van der Waals surface area contributed by atoms with Gasteiger partial charge in [0.25, 0.3) is 0 Å². The van der Waals surface area contributed by atoms with E-state index in [4.69, 9.17) is 11.6 Å². The molecule has 4 nitrogen and oxygen atoms in total. The fraction of sp³-hybridized carbons (Fsp3) is 0.231. The predicted molar refractivity (Wildman–Crippen MR) is 82.6 cm³/mol. The van der Waals surface area contributed by atoms with Gasteiger partial charge < -0.3 is 5.32 Å². The molecule has 2 N–H and O–H groups in total. The van der Waals surface area contributed by atoms with Crippen LogP contribution in [0.3, 0.4) is 0 Å². The van der Waals surface area contributed by atoms with E-state index in [2.05, 4.69) is 10.0 Å². The van der Waals surface area contributed by atoms with Gasteiger partial charge in [-0.1, -0.05) is 23.7 Å². The van der Waals surface area contributed by atoms with E-state index in [1.54, 1.807) is 25.2 Å². The van der Waals surface area contributed by atoms with Gasteiger partial charge in [-0.05, 0) is 36.2 Å². The van der Waals surface area contributed by atoms with E-state index >= 15 is 0 Å². The van der Waals surface area contributed by atoms with Crippen molar-refractivity contribution < 1.29 is 8.42 Å². The molecule has 0 spiro atoms. The van der Waals surface area contributed by atoms with Gasteiger partial charge >= 0.3 is 0 Å². The van der Waals surface area contributed by atoms with Crippen molar-refractivity contribution in [2.75, 3.05) is 7.05 Å². The van der Waals surface area contributed by atoms with Crippen molar-refractivity contribution >= 4 is 33.0 Å². The van der Waals surface area contributed by atoms with Crippen LogP contribution in [0.1, 0.15) is 10.4 Å². The van der Waals surface area contributed by atoms with Crippen molar-refractivity contribution in [2.45, 2.75) is 18.0 Å². The Kier molecular flexibility index (Phi) is 5.17. The van der Waals surface area contributed by atoms with Gasteiger partial charge in [-0.15, -0.1) is 11.3 Å². The van der Waals surface area contributed by atoms with Crippen LogP contribution >= 0.6 is 22.9 Å². The second kappa shape index (κ2) is 6.69. The molecule has 1 heterocycles. The van der Waals surface area contributed by atoms with Crippen LogP contribution < -0.4 is 10.0 Å². The van der Waals surface area contributed by atoms with E-state index in [1.165, 1.54) is 11.3 Å². The van der Waals surface area contributed by atoms with Gasteiger partial charge in [0.15, 0.2) is 0 Å². The zero-order valence-electron chi connectivity index (χ0n) is 10.9. The molecule has 20 heavy (non-hydrogen) atoms. The number of halogens is 1. The first-order valence-corrected chi connectivity index (χ1v) is 8.72. The highest BCUT2D eigenvalue weighted by atomic mass is 35.5. The van der Waals surface area contributed by atoms with Crippen molar-refractivity contribution in [1.29, 1.82) is 0 Å². The summed E-state index contributed by atoms with van der Waals surface area (Å²) in [6.07, 6.45) is 0. The van der Waals surface area contributed by atoms with Crippen molar-refractivity contribution in [3.05, 3.63) is 51.2 Å². The third-order valence-electron chi connectivity index (χ3n) is 2.68. The second-order valence-corrected chi connectivity index (χ2v) is 7.37. The summed E-state index contributed by atoms with van der Waals surface area (Å²) in [5.74, 6) is 0. The first-order chi connectivity index (χ1) is 9.53. The second-order valence-electron chi connectivity index (χ2n) is 4.20. The molecule has 2 aromatic rings. The maximum absolute atomic E-state index is 12.3. The molecule has 7 heteroatoms. The maximum atomic E-state index is 12.3. The van der Waals surface area contributed by atoms with Crippen molar-refractivity contribution in [1.82, 2.24) is 10.0 Å². The number of nitrogens with one attached hydrogen (secondary N) is 2. The minimum atomic E-state index is -3.61. The fourth-order valence-electron chi connectivity index (χ4n) is 1.72. The lowest BCUT2D eigenvalue weighted by atomic mass is 10.2. The summed E-state index contributed by atoms with van der Waals surface area (Å²) in [5, 5.41) is 5.11. The highest BCUT2D eigenvalue weighted by Gasteiger charge is 2.18. The summed E-state index contributed by atoms with van der Waals surface area (Å²) in [5.41, 5.74) is 0.869. The van der Waals surface area contributed by atoms with Gasteiger partial charge in [0.05, 0.1) is 5.02 Å². The Morgan fingerprint density at radius 3 is 2.70 bits per heavy atom. The maximum Gasteiger partial charge on any atom is 0.242 e. The largest absolute Gasteiger partial charge is 0.316 e. The molecule has 108 valence electrons. The van der Waals surface area contributed by atoms with Crippen molar-refractivity contribution in [2.24, 2.45) is 0 Å². The smallest absolute Gasteiger partial charge is 0.242 e. The molecule has 0 aliphatic heterocycles. The first kappa shape index (κ1) is 15.5. The third kappa shape index (κ3) is 3.80. The molecule has 0 saturated carbocycles. The van der Waals surface area contributed by atoms with Crippen LogP contribution in [-0.2, 0) is 23.1 Å². The van der Waals surface area contributed by atoms with Gasteiger partial charge in [0.1, 0.15) is 4.90 Å². The van der Waals surface area contributed by atoms with Crippen LogP contribution in [0.25, 0.3) is 0 Å². The van der Waals surface area contributed by atoms with Crippen LogP contribution in [0.15, 0.2) is 40.6 Å². The van der Waals surface area contributed by atoms with Crippen molar-refractivity contribution in [3.63, 3.8) is 0 Å². The molecule has 0 aliphatic rings. The SMILES string of the molecule is CNCc1ccc(Cl)c(S(=O)(=O)NCc2cccs2)c1. The Labute approximate surface area is 127 Å². The molecular formula is C13H15ClN2O2S2. The average Bonchev–Trinajstić information content (AvgIpc) is 2.92. The molecule has 0 atom stereocenters. The Bertz CT molecular complexity index is 670. The third-order valence-corrected chi connectivity index (χ3v) is 5.44. The molecule has 1 aromatic heterocycles. The molecule has 2 rings (SSSR count). The molecule has 0 amide bonds. The molecule has 0 radical (unpaired) electrons. The summed E-state index contributed by atoms with van der Waals surface area (Å²) in [6, 6.07) is 8.77. The van der Waals surface area contributed by atoms with Crippen molar-refractivity contribution in [3.8, 4) is 0 Å². The van der Waals surface area contributed by atoms with E-state index in [-0.39, 0.29) is 16.5 Å². The van der Waals surface area contributed by atoms with E-state index in [0.717, 1.165) is 10.4 Å². The van der Waals surface area contributed by atoms with E-state index in [9.17, 15) is 8.42 Å². The lowest BCUT2D eigenvalue weighted by Gasteiger charge is -2.09. The number of hydrogen-bond donors (Lipinski definition) is 2. The molecule has 1 aromatic carbocycles. The van der Waals surface area contributed by atoms with E-state index < -0.39 is 10.0 Å². The molecule has 0 aliphatic carbocycles. The lowest BCUT2D eigenvalue weighted by Crippen LogP contribution is -2.23. The fourth-order valence-corrected chi connectivity index (χ4v) is 4.02. The average molecular weight is 331 g/mol. The van der Waals surface area contributed by atoms with E-state index in [0.29, 0.717) is 6.54 Å². The van der Waals surface area contributed by atoms with Crippen LogP contribution in [0, 0.1) is 0 Å². The summed E-state index contributed by atoms with van der Waals surface area (Å²) >= 11 is 7.51. The minimum Gasteiger partial charge on any atom is -0.316 e. The lowest BCUT2D eigenvalue weighted by molar-refractivity contribution is 0.581. The van der Waals surface area contributed by atoms with Crippen LogP contribution in [0.5, 0.6) is 0 Å². The highest BCUT2D eigenvalue weighted by Crippen LogP contribution is 2.23. The summed E-state index contributed by atoms with van der Waals surface area (Å²) in [6.45, 7) is 0.858. The molecule has 0 fully saturated rings. The Morgan fingerprint density at radius 1 is 1.25 bits per heavy atom. The zero-order chi connectivity index (χ0) is 14.6. The van der Waals surface area contributed by atoms with Crippen LogP contribution in [0.4, 0.5) is 0 Å². The molecule has 0 unspecified atom stereocenters. The summed E-state index contributed by atoms with van der Waals surface area (Å²) < 4.78 is 27.2. The Hall–Kier alpha value is -0.920. The Morgan fingerprint density at radius 2 is 2.05 bits per heavy atom. The van der Waals surface area contributed by atoms with Gasteiger partial charge in [-0.2, -0.15) is 0 Å². The van der Waals surface area contributed by atoms with Gasteiger partial charge in [-0.25, -0.2) is 13.1 Å². The topological polar surface area (TPSA) is 58.2 Å². The Balaban J connectivity index is 2.21. The zero-order valence-corrected chi connectivity index (χ0v) is 13.3. The normalized spacial score (nSPS) is 11.7. The number of sulfonamides is 1. The summed E-state index contributed by atoms with van der Waals surface area (Å²) in [4.78, 5) is 1.07. The standard InChI is InChI=1S/C13H15ClN2O2S2/c1-15-8-10-4-5-12(14)13(7-10)20(17,18)16-9-11-3-2-6-19-11/h2-7,15-16H,8-9H2,1H3. The predicted octanol–water partition coefficient (Wildman–Crippen LogP) is 2.60. The number of hydrogen-bond acceptors (Lipinski definition) is 4. The van der Waals surface area contributed by atoms with E-state index in [1.807, 2.05) is 17.5 Å². The number of rotatable bonds is 6. The molecule has 0 bridgehead atoms. The van der Waals surface area contributed by atoms with Gasteiger partial charge in [0, 0.05) is 18.0 Å². The van der Waals surface area contributed by atoms with Gasteiger partial charge in [-0.3, -0.25) is 0 Å². The highest BCUT2D eigenvalue weighted by molar-refractivity contribution is 7.89. The van der Waals surface area contributed by atoms with Gasteiger partial charge in [0.2, 0.25) is 10.0 Å². The number of benzene rings is 1. The quantitative estimate of drug-likeness (QED) is 0.856. The monoisotopic (exact) mass is 330 g/mol. The molecular weight excluding hydrogens is 316 g/mol. The van der Waals surface area contributed by atoms with Crippen LogP contribution in [-0.4, -0.2) is 15.5 Å². The summed E-state index contributed by atoms with van der Waals surface area (Å²) in [7, 11) is -1.81. The van der Waals surface area contributed by atoms with Crippen LogP contribution in [0.2, 0.25) is 5.02 Å². The minimum absolute atomic E-state index is 0.114. The first-order valence-electron chi connectivity index (χ1n) is 5.98.